The molecule has 0 bridgehead atoms. The predicted molar refractivity (Wildman–Crippen MR) is 151 cm³/mol. The molecule has 1 aliphatic heterocycles. The summed E-state index contributed by atoms with van der Waals surface area (Å²) < 4.78 is 11.2. The van der Waals surface area contributed by atoms with Crippen molar-refractivity contribution in [1.82, 2.24) is 5.32 Å². The first-order valence-electron chi connectivity index (χ1n) is 12.8. The number of nitrogens with one attached hydrogen (secondary N) is 1. The van der Waals surface area contributed by atoms with Gasteiger partial charge in [-0.15, -0.1) is 0 Å². The molecule has 0 spiro atoms. The van der Waals surface area contributed by atoms with E-state index in [-0.39, 0.29) is 58.0 Å². The Morgan fingerprint density at radius 1 is 1.10 bits per heavy atom. The van der Waals surface area contributed by atoms with Crippen molar-refractivity contribution in [3.8, 4) is 0 Å². The number of nitro groups is 1. The number of non-ortho nitro benzene ring substituents is 1. The van der Waals surface area contributed by atoms with Gasteiger partial charge in [-0.3, -0.25) is 24.5 Å². The Hall–Kier alpha value is -3.41. The average Bonchev–Trinajstić information content (AvgIpc) is 2.83. The summed E-state index contributed by atoms with van der Waals surface area (Å²) in [5.41, 5.74) is 0.456. The van der Waals surface area contributed by atoms with Crippen molar-refractivity contribution in [3.63, 3.8) is 0 Å². The van der Waals surface area contributed by atoms with Crippen LogP contribution in [-0.2, 0) is 25.2 Å². The number of nitro benzene ring substituents is 1. The van der Waals surface area contributed by atoms with Gasteiger partial charge in [0.25, 0.3) is 5.69 Å². The molecule has 3 rings (SSSR count). The second-order valence-electron chi connectivity index (χ2n) is 11.4. The van der Waals surface area contributed by atoms with E-state index in [9.17, 15) is 29.3 Å². The first-order valence-corrected chi connectivity index (χ1v) is 16.1. The van der Waals surface area contributed by atoms with Crippen LogP contribution >= 0.6 is 11.6 Å². The van der Waals surface area contributed by atoms with Crippen LogP contribution in [0.15, 0.2) is 42.5 Å². The molecule has 1 saturated heterocycles. The van der Waals surface area contributed by atoms with E-state index in [1.54, 1.807) is 0 Å². The maximum absolute atomic E-state index is 13.0. The lowest BCUT2D eigenvalue weighted by Gasteiger charge is -2.45. The summed E-state index contributed by atoms with van der Waals surface area (Å²) in [6, 6.07) is 8.76. The molecule has 0 radical (unpaired) electrons. The molecule has 1 fully saturated rings. The largest absolute Gasteiger partial charge is 0.413 e. The van der Waals surface area contributed by atoms with Crippen LogP contribution in [0, 0.1) is 16.0 Å². The van der Waals surface area contributed by atoms with Gasteiger partial charge in [0.15, 0.2) is 14.1 Å². The monoisotopic (exact) mass is 588 g/mol. The van der Waals surface area contributed by atoms with Crippen LogP contribution in [0.3, 0.4) is 0 Å². The fourth-order valence-electron chi connectivity index (χ4n) is 4.14. The number of halogens is 1. The smallest absolute Gasteiger partial charge is 0.345 e. The fraction of sp³-hybridized carbons (Fsp3) is 0.429. The average molecular weight is 589 g/mol. The zero-order valence-corrected chi connectivity index (χ0v) is 25.0. The number of nitrogens with zero attached hydrogens (tertiary/aromatic N) is 1. The predicted octanol–water partition coefficient (Wildman–Crippen LogP) is 5.27. The minimum Gasteiger partial charge on any atom is -0.413 e. The number of β-lactam (4-membered cyclic amide) rings is 1. The number of ketones is 1. The number of benzene rings is 2. The van der Waals surface area contributed by atoms with Crippen molar-refractivity contribution in [2.24, 2.45) is 5.92 Å². The van der Waals surface area contributed by atoms with Crippen LogP contribution in [0.1, 0.15) is 60.4 Å². The SMILES string of the molecule is C[C@@H](O[Si](C)(C)C(C)(C)C)[C@H]1C(=O)N[C@@H]1CC(=O)c1ccc(CC(=O)OC(=O)c2ccc([N+](=O)[O-])cc2)c(Cl)c1. The molecular formula is C28H33ClN2O8Si. The van der Waals surface area contributed by atoms with Gasteiger partial charge >= 0.3 is 11.9 Å². The van der Waals surface area contributed by atoms with Gasteiger partial charge in [-0.25, -0.2) is 4.79 Å². The Bertz CT molecular complexity index is 1340. The summed E-state index contributed by atoms with van der Waals surface area (Å²) in [5.74, 6) is -2.62. The molecule has 1 heterocycles. The van der Waals surface area contributed by atoms with Crippen LogP contribution in [-0.4, -0.2) is 49.0 Å². The summed E-state index contributed by atoms with van der Waals surface area (Å²) in [4.78, 5) is 60.0. The molecular weight excluding hydrogens is 556 g/mol. The number of carbonyl (C=O) groups is 4. The molecule has 0 saturated carbocycles. The lowest BCUT2D eigenvalue weighted by molar-refractivity contribution is -0.384. The Labute approximate surface area is 238 Å². The van der Waals surface area contributed by atoms with E-state index in [0.717, 1.165) is 12.1 Å². The van der Waals surface area contributed by atoms with E-state index in [0.29, 0.717) is 11.1 Å². The number of hydrogen-bond acceptors (Lipinski definition) is 8. The summed E-state index contributed by atoms with van der Waals surface area (Å²) in [5, 5.41) is 13.7. The maximum Gasteiger partial charge on any atom is 0.345 e. The van der Waals surface area contributed by atoms with Gasteiger partial charge in [-0.05, 0) is 48.8 Å². The van der Waals surface area contributed by atoms with Crippen LogP contribution in [0.5, 0.6) is 0 Å². The second kappa shape index (κ2) is 12.0. The summed E-state index contributed by atoms with van der Waals surface area (Å²) in [7, 11) is -2.11. The molecule has 214 valence electrons. The highest BCUT2D eigenvalue weighted by Crippen LogP contribution is 2.39. The van der Waals surface area contributed by atoms with Crippen LogP contribution in [0.2, 0.25) is 23.2 Å². The minimum atomic E-state index is -2.11. The van der Waals surface area contributed by atoms with Gasteiger partial charge < -0.3 is 14.5 Å². The number of Topliss-reactive ketones (excluding diaryl/α,β-unsaturated/α-hetero) is 1. The molecule has 12 heteroatoms. The molecule has 3 atom stereocenters. The van der Waals surface area contributed by atoms with Crippen LogP contribution < -0.4 is 5.32 Å². The van der Waals surface area contributed by atoms with E-state index >= 15 is 0 Å². The molecule has 1 N–H and O–H groups in total. The van der Waals surface area contributed by atoms with Gasteiger partial charge in [-0.2, -0.15) is 0 Å². The highest BCUT2D eigenvalue weighted by atomic mass is 35.5. The van der Waals surface area contributed by atoms with Crippen molar-refractivity contribution in [1.29, 1.82) is 0 Å². The van der Waals surface area contributed by atoms with Crippen LogP contribution in [0.4, 0.5) is 5.69 Å². The van der Waals surface area contributed by atoms with Crippen molar-refractivity contribution in [3.05, 3.63) is 74.3 Å². The Morgan fingerprint density at radius 2 is 1.70 bits per heavy atom. The molecule has 0 aromatic heterocycles. The summed E-state index contributed by atoms with van der Waals surface area (Å²) >= 11 is 6.33. The fourth-order valence-corrected chi connectivity index (χ4v) is 5.82. The lowest BCUT2D eigenvalue weighted by Crippen LogP contribution is -2.64. The van der Waals surface area contributed by atoms with Crippen molar-refractivity contribution < 1.29 is 33.3 Å². The number of rotatable bonds is 10. The highest BCUT2D eigenvalue weighted by Gasteiger charge is 2.47. The molecule has 0 aliphatic carbocycles. The molecule has 0 unspecified atom stereocenters. The lowest BCUT2D eigenvalue weighted by atomic mass is 9.82. The van der Waals surface area contributed by atoms with E-state index in [2.05, 4.69) is 39.2 Å². The quantitative estimate of drug-likeness (QED) is 0.0752. The summed E-state index contributed by atoms with van der Waals surface area (Å²) in [6.45, 7) is 12.5. The molecule has 2 aromatic carbocycles. The molecule has 1 amide bonds. The van der Waals surface area contributed by atoms with Crippen LogP contribution in [0.25, 0.3) is 0 Å². The number of ether oxygens (including phenoxy) is 1. The highest BCUT2D eigenvalue weighted by molar-refractivity contribution is 6.74. The molecule has 10 nitrogen and oxygen atoms in total. The van der Waals surface area contributed by atoms with E-state index < -0.39 is 31.1 Å². The van der Waals surface area contributed by atoms with Crippen molar-refractivity contribution in [2.45, 2.75) is 70.8 Å². The summed E-state index contributed by atoms with van der Waals surface area (Å²) in [6.07, 6.45) is -0.587. The third kappa shape index (κ3) is 7.21. The van der Waals surface area contributed by atoms with Crippen molar-refractivity contribution >= 4 is 49.2 Å². The van der Waals surface area contributed by atoms with Gasteiger partial charge in [0.1, 0.15) is 0 Å². The van der Waals surface area contributed by atoms with E-state index in [4.69, 9.17) is 20.8 Å². The standard InChI is InChI=1S/C28H33ClN2O8Si/c1-16(39-40(5,6)28(2,3)4)25-22(30-26(25)34)15-23(32)19-8-7-18(21(29)13-19)14-24(33)38-27(35)17-9-11-20(12-10-17)31(36)37/h7-13,16,22,25H,14-15H2,1-6H3,(H,30,34)/t16-,22-,25-/m1/s1. The Balaban J connectivity index is 1.59. The normalized spacial score (nSPS) is 17.8. The van der Waals surface area contributed by atoms with Gasteiger partial charge in [0, 0.05) is 29.1 Å². The third-order valence-corrected chi connectivity index (χ3v) is 12.4. The Kier molecular flexibility index (Phi) is 9.33. The number of amides is 1. The molecule has 1 aliphatic rings. The zero-order chi connectivity index (χ0) is 30.0. The van der Waals surface area contributed by atoms with Gasteiger partial charge in [-0.1, -0.05) is 44.5 Å². The first-order chi connectivity index (χ1) is 18.5. The van der Waals surface area contributed by atoms with Crippen molar-refractivity contribution in [2.75, 3.05) is 0 Å². The maximum atomic E-state index is 13.0. The Morgan fingerprint density at radius 3 is 2.23 bits per heavy atom. The number of carbonyl (C=O) groups excluding carboxylic acids is 4. The molecule has 40 heavy (non-hydrogen) atoms. The second-order valence-corrected chi connectivity index (χ2v) is 16.6. The number of esters is 2. The van der Waals surface area contributed by atoms with Gasteiger partial charge in [0.2, 0.25) is 5.91 Å². The molecule has 2 aromatic rings. The topological polar surface area (TPSA) is 142 Å². The van der Waals surface area contributed by atoms with E-state index in [1.165, 1.54) is 30.3 Å². The zero-order valence-electron chi connectivity index (χ0n) is 23.3. The van der Waals surface area contributed by atoms with E-state index in [1.807, 2.05) is 6.92 Å². The third-order valence-electron chi connectivity index (χ3n) is 7.49. The minimum absolute atomic E-state index is 0.0172. The first kappa shape index (κ1) is 31.1. The van der Waals surface area contributed by atoms with Gasteiger partial charge in [0.05, 0.1) is 35.0 Å². The number of hydrogen-bond donors (Lipinski definition) is 1.